The zero-order valence-corrected chi connectivity index (χ0v) is 19.4. The largest absolute Gasteiger partial charge is 0.491 e. The number of anilines is 2. The van der Waals surface area contributed by atoms with Gasteiger partial charge >= 0.3 is 0 Å². The summed E-state index contributed by atoms with van der Waals surface area (Å²) in [5, 5.41) is 7.28. The lowest BCUT2D eigenvalue weighted by atomic mass is 9.78. The number of nitrogens with one attached hydrogen (secondary N) is 2. The fourth-order valence-corrected chi connectivity index (χ4v) is 4.88. The Morgan fingerprint density at radius 3 is 2.33 bits per heavy atom. The van der Waals surface area contributed by atoms with Crippen molar-refractivity contribution in [1.82, 2.24) is 0 Å². The molecule has 0 amide bonds. The normalized spacial score (nSPS) is 19.8. The summed E-state index contributed by atoms with van der Waals surface area (Å²) in [6, 6.07) is 24.5. The molecule has 5 rings (SSSR count). The van der Waals surface area contributed by atoms with Crippen molar-refractivity contribution in [3.63, 3.8) is 0 Å². The Morgan fingerprint density at radius 2 is 1.58 bits per heavy atom. The Hall–Kier alpha value is -3.53. The van der Waals surface area contributed by atoms with E-state index in [1.807, 2.05) is 44.2 Å². The zero-order chi connectivity index (χ0) is 22.9. The number of Topliss-reactive ketones (excluding diaryl/α,β-unsaturated/α-hetero) is 1. The molecule has 0 saturated carbocycles. The second kappa shape index (κ2) is 8.78. The number of hydrogen-bond donors (Lipinski definition) is 2. The van der Waals surface area contributed by atoms with Gasteiger partial charge in [0.15, 0.2) is 5.78 Å². The van der Waals surface area contributed by atoms with Crippen molar-refractivity contribution < 1.29 is 9.53 Å². The standard InChI is InChI=1S/C29H30N2O2/c1-18(2)33-27-11-7-4-8-22(27)29-28-25(30-23-9-5-6-10-24(23)31-29)16-21(17-26(28)32)20-14-12-19(3)13-15-20/h4-15,18,21,29-31H,16-17H2,1-3H3/t21-,29-/m1/s1. The molecule has 2 aliphatic rings. The average Bonchev–Trinajstić information content (AvgIpc) is 2.96. The molecule has 0 unspecified atom stereocenters. The van der Waals surface area contributed by atoms with E-state index in [9.17, 15) is 4.79 Å². The van der Waals surface area contributed by atoms with E-state index in [0.29, 0.717) is 6.42 Å². The maximum atomic E-state index is 13.7. The molecule has 0 saturated heterocycles. The highest BCUT2D eigenvalue weighted by Gasteiger charge is 2.37. The molecule has 0 aromatic heterocycles. The monoisotopic (exact) mass is 438 g/mol. The van der Waals surface area contributed by atoms with E-state index in [-0.39, 0.29) is 23.8 Å². The second-order valence-corrected chi connectivity index (χ2v) is 9.28. The van der Waals surface area contributed by atoms with Crippen LogP contribution in [0.15, 0.2) is 84.1 Å². The Morgan fingerprint density at radius 1 is 0.879 bits per heavy atom. The molecular formula is C29H30N2O2. The Labute approximate surface area is 195 Å². The highest BCUT2D eigenvalue weighted by Crippen LogP contribution is 2.45. The number of ketones is 1. The first kappa shape index (κ1) is 21.3. The van der Waals surface area contributed by atoms with Crippen molar-refractivity contribution in [2.24, 2.45) is 0 Å². The summed E-state index contributed by atoms with van der Waals surface area (Å²) in [5.74, 6) is 1.15. The van der Waals surface area contributed by atoms with Gasteiger partial charge in [0.25, 0.3) is 0 Å². The van der Waals surface area contributed by atoms with Gasteiger partial charge in [0, 0.05) is 23.3 Å². The molecule has 3 aromatic rings. The summed E-state index contributed by atoms with van der Waals surface area (Å²) in [6.07, 6.45) is 1.35. The predicted molar refractivity (Wildman–Crippen MR) is 134 cm³/mol. The maximum Gasteiger partial charge on any atom is 0.163 e. The molecule has 0 spiro atoms. The Balaban J connectivity index is 1.61. The van der Waals surface area contributed by atoms with Crippen molar-refractivity contribution in [2.75, 3.05) is 10.6 Å². The lowest BCUT2D eigenvalue weighted by molar-refractivity contribution is -0.116. The van der Waals surface area contributed by atoms with Crippen LogP contribution in [0.1, 0.15) is 55.3 Å². The molecule has 4 heteroatoms. The van der Waals surface area contributed by atoms with Crippen LogP contribution in [0.3, 0.4) is 0 Å². The summed E-state index contributed by atoms with van der Waals surface area (Å²) in [7, 11) is 0. The van der Waals surface area contributed by atoms with Gasteiger partial charge in [0.2, 0.25) is 0 Å². The number of carbonyl (C=O) groups is 1. The highest BCUT2D eigenvalue weighted by molar-refractivity contribution is 6.01. The molecular weight excluding hydrogens is 408 g/mol. The molecule has 0 radical (unpaired) electrons. The number of aryl methyl sites for hydroxylation is 1. The number of benzene rings is 3. The molecule has 33 heavy (non-hydrogen) atoms. The van der Waals surface area contributed by atoms with Gasteiger partial charge in [0.05, 0.1) is 23.5 Å². The van der Waals surface area contributed by atoms with Crippen LogP contribution < -0.4 is 15.4 Å². The third-order valence-corrected chi connectivity index (χ3v) is 6.45. The molecule has 0 bridgehead atoms. The predicted octanol–water partition coefficient (Wildman–Crippen LogP) is 6.76. The second-order valence-electron chi connectivity index (χ2n) is 9.28. The molecule has 0 fully saturated rings. The van der Waals surface area contributed by atoms with E-state index >= 15 is 0 Å². The van der Waals surface area contributed by atoms with Crippen LogP contribution in [0.25, 0.3) is 0 Å². The minimum absolute atomic E-state index is 0.0452. The van der Waals surface area contributed by atoms with Crippen LogP contribution in [-0.4, -0.2) is 11.9 Å². The van der Waals surface area contributed by atoms with Crippen LogP contribution in [-0.2, 0) is 4.79 Å². The third-order valence-electron chi connectivity index (χ3n) is 6.45. The fourth-order valence-electron chi connectivity index (χ4n) is 4.88. The molecule has 2 N–H and O–H groups in total. The minimum Gasteiger partial charge on any atom is -0.491 e. The topological polar surface area (TPSA) is 50.4 Å². The van der Waals surface area contributed by atoms with Crippen LogP contribution >= 0.6 is 0 Å². The van der Waals surface area contributed by atoms with Crippen LogP contribution in [0, 0.1) is 6.92 Å². The maximum absolute atomic E-state index is 13.7. The molecule has 4 nitrogen and oxygen atoms in total. The first-order valence-electron chi connectivity index (χ1n) is 11.7. The molecule has 1 aliphatic heterocycles. The summed E-state index contributed by atoms with van der Waals surface area (Å²) >= 11 is 0. The number of rotatable bonds is 4. The Bertz CT molecular complexity index is 1210. The van der Waals surface area contributed by atoms with E-state index in [0.717, 1.165) is 40.4 Å². The van der Waals surface area contributed by atoms with E-state index in [1.165, 1.54) is 11.1 Å². The van der Waals surface area contributed by atoms with Crippen LogP contribution in [0.4, 0.5) is 11.4 Å². The summed E-state index contributed by atoms with van der Waals surface area (Å²) < 4.78 is 6.15. The summed E-state index contributed by atoms with van der Waals surface area (Å²) in [5.41, 5.74) is 7.22. The quantitative estimate of drug-likeness (QED) is 0.472. The first-order valence-corrected chi connectivity index (χ1v) is 11.7. The van der Waals surface area contributed by atoms with Gasteiger partial charge in [-0.25, -0.2) is 0 Å². The van der Waals surface area contributed by atoms with E-state index in [4.69, 9.17) is 4.74 Å². The highest BCUT2D eigenvalue weighted by atomic mass is 16.5. The molecule has 1 aliphatic carbocycles. The lowest BCUT2D eigenvalue weighted by Crippen LogP contribution is -2.27. The van der Waals surface area contributed by atoms with Crippen molar-refractivity contribution >= 4 is 17.2 Å². The van der Waals surface area contributed by atoms with Gasteiger partial charge in [-0.15, -0.1) is 0 Å². The molecule has 1 heterocycles. The van der Waals surface area contributed by atoms with Crippen molar-refractivity contribution in [3.05, 3.63) is 101 Å². The number of para-hydroxylation sites is 3. The van der Waals surface area contributed by atoms with Gasteiger partial charge in [-0.3, -0.25) is 4.79 Å². The van der Waals surface area contributed by atoms with Gasteiger partial charge < -0.3 is 15.4 Å². The number of hydrogen-bond acceptors (Lipinski definition) is 4. The lowest BCUT2D eigenvalue weighted by Gasteiger charge is -2.30. The molecule has 2 atom stereocenters. The van der Waals surface area contributed by atoms with E-state index < -0.39 is 0 Å². The van der Waals surface area contributed by atoms with Crippen molar-refractivity contribution in [1.29, 1.82) is 0 Å². The average molecular weight is 439 g/mol. The number of carbonyl (C=O) groups excluding carboxylic acids is 1. The first-order chi connectivity index (χ1) is 16.0. The number of fused-ring (bicyclic) bond motifs is 1. The van der Waals surface area contributed by atoms with Crippen molar-refractivity contribution in [3.8, 4) is 5.75 Å². The number of allylic oxidation sites excluding steroid dienone is 1. The zero-order valence-electron chi connectivity index (χ0n) is 19.4. The SMILES string of the molecule is Cc1ccc([C@H]2CC(=O)C3=C(C2)Nc2ccccc2N[C@@H]3c2ccccc2OC(C)C)cc1. The summed E-state index contributed by atoms with van der Waals surface area (Å²) in [4.78, 5) is 13.7. The molecule has 168 valence electrons. The molecule has 3 aromatic carbocycles. The van der Waals surface area contributed by atoms with Gasteiger partial charge in [0.1, 0.15) is 5.75 Å². The van der Waals surface area contributed by atoms with Gasteiger partial charge in [-0.05, 0) is 56.9 Å². The van der Waals surface area contributed by atoms with Crippen molar-refractivity contribution in [2.45, 2.75) is 51.7 Å². The van der Waals surface area contributed by atoms with Gasteiger partial charge in [-0.1, -0.05) is 60.2 Å². The van der Waals surface area contributed by atoms with E-state index in [2.05, 4.69) is 60.0 Å². The number of ether oxygens (including phenoxy) is 1. The fraction of sp³-hybridized carbons (Fsp3) is 0.276. The van der Waals surface area contributed by atoms with E-state index in [1.54, 1.807) is 0 Å². The minimum atomic E-state index is -0.280. The van der Waals surface area contributed by atoms with Crippen LogP contribution in [0.2, 0.25) is 0 Å². The van der Waals surface area contributed by atoms with Gasteiger partial charge in [-0.2, -0.15) is 0 Å². The van der Waals surface area contributed by atoms with Crippen LogP contribution in [0.5, 0.6) is 5.75 Å². The Kier molecular flexibility index (Phi) is 5.67. The smallest absolute Gasteiger partial charge is 0.163 e. The summed E-state index contributed by atoms with van der Waals surface area (Å²) in [6.45, 7) is 6.14. The third kappa shape index (κ3) is 4.25.